The van der Waals surface area contributed by atoms with Crippen LogP contribution < -0.4 is 10.2 Å². The molecule has 1 saturated heterocycles. The first-order valence-electron chi connectivity index (χ1n) is 11.8. The molecule has 3 fully saturated rings. The first-order valence-corrected chi connectivity index (χ1v) is 11.8. The monoisotopic (exact) mass is 428 g/mol. The molecule has 7 heteroatoms. The zero-order chi connectivity index (χ0) is 22.0. The Morgan fingerprint density at radius 2 is 1.68 bits per heavy atom. The van der Waals surface area contributed by atoms with E-state index < -0.39 is 5.60 Å². The fourth-order valence-corrected chi connectivity index (χ4v) is 4.41. The molecular formula is C24H36N4O3. The van der Waals surface area contributed by atoms with Crippen LogP contribution in [0.15, 0.2) is 12.1 Å². The van der Waals surface area contributed by atoms with Gasteiger partial charge in [0.25, 0.3) is 0 Å². The second-order valence-corrected chi connectivity index (χ2v) is 10.2. The predicted octanol–water partition coefficient (Wildman–Crippen LogP) is 3.84. The predicted molar refractivity (Wildman–Crippen MR) is 121 cm³/mol. The van der Waals surface area contributed by atoms with Gasteiger partial charge in [-0.05, 0) is 58.6 Å². The van der Waals surface area contributed by atoms with E-state index in [4.69, 9.17) is 9.72 Å². The molecule has 3 aliphatic rings. The molecule has 0 radical (unpaired) electrons. The molecule has 1 amide bonds. The molecule has 2 heterocycles. The molecule has 1 aromatic rings. The summed E-state index contributed by atoms with van der Waals surface area (Å²) in [7, 11) is 0. The number of hydrogen-bond donors (Lipinski definition) is 1. The lowest BCUT2D eigenvalue weighted by Crippen LogP contribution is -2.49. The van der Waals surface area contributed by atoms with Gasteiger partial charge < -0.3 is 19.9 Å². The van der Waals surface area contributed by atoms with Gasteiger partial charge in [-0.2, -0.15) is 0 Å². The number of aromatic nitrogens is 1. The quantitative estimate of drug-likeness (QED) is 0.718. The zero-order valence-electron chi connectivity index (χ0n) is 19.2. The summed E-state index contributed by atoms with van der Waals surface area (Å²) in [5.74, 6) is 1.74. The second kappa shape index (κ2) is 9.05. The number of ether oxygens (including phenoxy) is 1. The van der Waals surface area contributed by atoms with Crippen LogP contribution >= 0.6 is 0 Å². The Balaban J connectivity index is 1.50. The van der Waals surface area contributed by atoms with Crippen LogP contribution in [0.4, 0.5) is 11.6 Å². The van der Waals surface area contributed by atoms with E-state index in [9.17, 15) is 9.59 Å². The molecule has 1 aromatic heterocycles. The molecule has 0 atom stereocenters. The molecular weight excluding hydrogens is 392 g/mol. The van der Waals surface area contributed by atoms with E-state index in [0.29, 0.717) is 30.6 Å². The van der Waals surface area contributed by atoms with Crippen molar-refractivity contribution in [3.63, 3.8) is 0 Å². The van der Waals surface area contributed by atoms with Gasteiger partial charge in [-0.15, -0.1) is 0 Å². The summed E-state index contributed by atoms with van der Waals surface area (Å²) in [6.45, 7) is 8.51. The fourth-order valence-electron chi connectivity index (χ4n) is 4.41. The number of rotatable bonds is 5. The van der Waals surface area contributed by atoms with E-state index in [-0.39, 0.29) is 11.9 Å². The molecule has 170 valence electrons. The molecule has 0 spiro atoms. The lowest BCUT2D eigenvalue weighted by Gasteiger charge is -2.36. The number of carbonyl (C=O) groups is 2. The summed E-state index contributed by atoms with van der Waals surface area (Å²) in [6.07, 6.45) is 8.09. The van der Waals surface area contributed by atoms with Crippen molar-refractivity contribution in [3.8, 4) is 0 Å². The van der Waals surface area contributed by atoms with Crippen LogP contribution in [0.2, 0.25) is 0 Å². The number of nitrogens with zero attached hydrogens (tertiary/aromatic N) is 3. The maximum absolute atomic E-state index is 12.8. The topological polar surface area (TPSA) is 74.8 Å². The Bertz CT molecular complexity index is 802. The van der Waals surface area contributed by atoms with Crippen LogP contribution in [0.5, 0.6) is 0 Å². The number of pyridine rings is 1. The Hall–Kier alpha value is -2.31. The van der Waals surface area contributed by atoms with Crippen molar-refractivity contribution < 1.29 is 14.3 Å². The highest BCUT2D eigenvalue weighted by atomic mass is 16.6. The highest BCUT2D eigenvalue weighted by molar-refractivity contribution is 5.91. The minimum absolute atomic E-state index is 0.256. The van der Waals surface area contributed by atoms with Crippen molar-refractivity contribution in [1.82, 2.24) is 9.88 Å². The SMILES string of the molecule is CC(C)(C)OC(=O)c1cc(NC2CCCCC2)nc(N2CCN(C(=O)C3CC3)CC2)c1. The van der Waals surface area contributed by atoms with E-state index in [1.54, 1.807) is 0 Å². The smallest absolute Gasteiger partial charge is 0.338 e. The van der Waals surface area contributed by atoms with Crippen LogP contribution in [-0.4, -0.2) is 59.6 Å². The minimum Gasteiger partial charge on any atom is -0.456 e. The zero-order valence-corrected chi connectivity index (χ0v) is 19.2. The van der Waals surface area contributed by atoms with Crippen LogP contribution in [0, 0.1) is 5.92 Å². The lowest BCUT2D eigenvalue weighted by atomic mass is 9.95. The van der Waals surface area contributed by atoms with Gasteiger partial charge in [-0.25, -0.2) is 9.78 Å². The van der Waals surface area contributed by atoms with Gasteiger partial charge in [0.2, 0.25) is 5.91 Å². The normalized spacial score (nSPS) is 20.5. The molecule has 0 aromatic carbocycles. The number of carbonyl (C=O) groups excluding carboxylic acids is 2. The summed E-state index contributed by atoms with van der Waals surface area (Å²) >= 11 is 0. The standard InChI is InChI=1S/C24H36N4O3/c1-24(2,3)31-23(30)18-15-20(25-19-7-5-4-6-8-19)26-21(16-18)27-11-13-28(14-12-27)22(29)17-9-10-17/h15-17,19H,4-14H2,1-3H3,(H,25,26). The molecule has 2 aliphatic carbocycles. The fraction of sp³-hybridized carbons (Fsp3) is 0.708. The van der Waals surface area contributed by atoms with Gasteiger partial charge in [0.05, 0.1) is 5.56 Å². The van der Waals surface area contributed by atoms with Gasteiger partial charge in [0, 0.05) is 38.1 Å². The van der Waals surface area contributed by atoms with Crippen LogP contribution in [0.25, 0.3) is 0 Å². The molecule has 1 N–H and O–H groups in total. The van der Waals surface area contributed by atoms with Crippen molar-refractivity contribution in [3.05, 3.63) is 17.7 Å². The van der Waals surface area contributed by atoms with E-state index >= 15 is 0 Å². The van der Waals surface area contributed by atoms with Gasteiger partial charge in [0.15, 0.2) is 0 Å². The number of hydrogen-bond acceptors (Lipinski definition) is 6. The molecule has 7 nitrogen and oxygen atoms in total. The second-order valence-electron chi connectivity index (χ2n) is 10.2. The maximum atomic E-state index is 12.8. The number of amides is 1. The van der Waals surface area contributed by atoms with Crippen molar-refractivity contribution in [1.29, 1.82) is 0 Å². The van der Waals surface area contributed by atoms with Gasteiger partial charge in [-0.3, -0.25) is 4.79 Å². The Labute approximate surface area is 185 Å². The van der Waals surface area contributed by atoms with E-state index in [2.05, 4.69) is 10.2 Å². The van der Waals surface area contributed by atoms with E-state index in [1.165, 1.54) is 19.3 Å². The Kier molecular flexibility index (Phi) is 6.39. The highest BCUT2D eigenvalue weighted by Crippen LogP contribution is 2.32. The number of piperazine rings is 1. The van der Waals surface area contributed by atoms with E-state index in [0.717, 1.165) is 50.4 Å². The van der Waals surface area contributed by atoms with Gasteiger partial charge >= 0.3 is 5.97 Å². The third-order valence-electron chi connectivity index (χ3n) is 6.25. The molecule has 2 saturated carbocycles. The van der Waals surface area contributed by atoms with Crippen molar-refractivity contribution in [2.45, 2.75) is 77.4 Å². The molecule has 4 rings (SSSR count). The van der Waals surface area contributed by atoms with Crippen LogP contribution in [0.1, 0.15) is 76.1 Å². The summed E-state index contributed by atoms with van der Waals surface area (Å²) in [5, 5.41) is 3.56. The third kappa shape index (κ3) is 5.89. The first-order chi connectivity index (χ1) is 14.8. The van der Waals surface area contributed by atoms with Gasteiger partial charge in [0.1, 0.15) is 17.2 Å². The first kappa shape index (κ1) is 21.9. The minimum atomic E-state index is -0.549. The third-order valence-corrected chi connectivity index (χ3v) is 6.25. The average Bonchev–Trinajstić information content (AvgIpc) is 3.58. The molecule has 0 unspecified atom stereocenters. The number of nitrogens with one attached hydrogen (secondary N) is 1. The molecule has 0 bridgehead atoms. The number of anilines is 2. The summed E-state index contributed by atoms with van der Waals surface area (Å²) in [5.41, 5.74) is -0.0264. The molecule has 31 heavy (non-hydrogen) atoms. The Morgan fingerprint density at radius 1 is 1.00 bits per heavy atom. The van der Waals surface area contributed by atoms with E-state index in [1.807, 2.05) is 37.8 Å². The number of esters is 1. The average molecular weight is 429 g/mol. The van der Waals surface area contributed by atoms with Crippen LogP contribution in [-0.2, 0) is 9.53 Å². The summed E-state index contributed by atoms with van der Waals surface area (Å²) in [6, 6.07) is 4.05. The molecule has 1 aliphatic heterocycles. The highest BCUT2D eigenvalue weighted by Gasteiger charge is 2.35. The van der Waals surface area contributed by atoms with Crippen molar-refractivity contribution in [2.75, 3.05) is 36.4 Å². The van der Waals surface area contributed by atoms with Crippen molar-refractivity contribution in [2.24, 2.45) is 5.92 Å². The summed E-state index contributed by atoms with van der Waals surface area (Å²) < 4.78 is 5.63. The van der Waals surface area contributed by atoms with Crippen molar-refractivity contribution >= 4 is 23.5 Å². The lowest BCUT2D eigenvalue weighted by molar-refractivity contribution is -0.132. The van der Waals surface area contributed by atoms with Crippen LogP contribution in [0.3, 0.4) is 0 Å². The Morgan fingerprint density at radius 3 is 2.29 bits per heavy atom. The summed E-state index contributed by atoms with van der Waals surface area (Å²) in [4.78, 5) is 34.2. The van der Waals surface area contributed by atoms with Gasteiger partial charge in [-0.1, -0.05) is 19.3 Å². The largest absolute Gasteiger partial charge is 0.456 e. The maximum Gasteiger partial charge on any atom is 0.338 e.